The minimum atomic E-state index is -0.368. The van der Waals surface area contributed by atoms with E-state index in [-0.39, 0.29) is 44.9 Å². The van der Waals surface area contributed by atoms with Gasteiger partial charge in [0.15, 0.2) is 0 Å². The number of hydrogen-bond acceptors (Lipinski definition) is 3. The van der Waals surface area contributed by atoms with Gasteiger partial charge in [-0.25, -0.2) is 0 Å². The number of rotatable bonds is 3. The highest BCUT2D eigenvalue weighted by atomic mass is 15.3. The molecule has 1 saturated carbocycles. The molecule has 0 radical (unpaired) electrons. The molecular formula is C68H74BN3. The predicted octanol–water partition coefficient (Wildman–Crippen LogP) is 15.9. The molecule has 2 aliphatic carbocycles. The van der Waals surface area contributed by atoms with Crippen LogP contribution >= 0.6 is 0 Å². The first-order valence-corrected chi connectivity index (χ1v) is 27.4. The Labute approximate surface area is 431 Å². The molecule has 0 aromatic heterocycles. The lowest BCUT2D eigenvalue weighted by molar-refractivity contribution is 0.195. The van der Waals surface area contributed by atoms with Crippen LogP contribution in [0.2, 0.25) is 0 Å². The Morgan fingerprint density at radius 2 is 1.08 bits per heavy atom. The Morgan fingerprint density at radius 3 is 1.82 bits per heavy atom. The van der Waals surface area contributed by atoms with Gasteiger partial charge >= 0.3 is 0 Å². The summed E-state index contributed by atoms with van der Waals surface area (Å²) < 4.78 is 0. The summed E-state index contributed by atoms with van der Waals surface area (Å²) in [7, 11) is 0. The maximum Gasteiger partial charge on any atom is 0.252 e. The van der Waals surface area contributed by atoms with E-state index < -0.39 is 0 Å². The molecule has 0 saturated heterocycles. The third-order valence-electron chi connectivity index (χ3n) is 19.9. The first-order valence-electron chi connectivity index (χ1n) is 27.4. The van der Waals surface area contributed by atoms with Gasteiger partial charge in [-0.3, -0.25) is 0 Å². The van der Waals surface area contributed by atoms with Crippen LogP contribution in [0.1, 0.15) is 161 Å². The molecular weight excluding hydrogens is 870 g/mol. The molecule has 4 heteroatoms. The Bertz CT molecular complexity index is 3420. The van der Waals surface area contributed by atoms with E-state index in [2.05, 4.69) is 244 Å². The third-order valence-corrected chi connectivity index (χ3v) is 19.9. The predicted molar refractivity (Wildman–Crippen MR) is 308 cm³/mol. The summed E-state index contributed by atoms with van der Waals surface area (Å²) in [6.07, 6.45) is 7.03. The molecule has 364 valence electrons. The number of benzene rings is 7. The molecule has 3 nitrogen and oxygen atoms in total. The summed E-state index contributed by atoms with van der Waals surface area (Å²) in [5, 5.41) is 0. The SMILES string of the molecule is CC(C)(C)c1ccc(N2c3cc(C(C)(C)C)ccc3B3c4cccc5c4N(c4cc(N6c7ccc(C(C)(C)C)cc7C7(C)CCc8ccccc8C67C)cc2c43)C2(C)CCCCC52C)c(-c2ccccc2)c1. The molecule has 1 fully saturated rings. The molecule has 0 bridgehead atoms. The van der Waals surface area contributed by atoms with Gasteiger partial charge in [0.1, 0.15) is 0 Å². The highest BCUT2D eigenvalue weighted by Crippen LogP contribution is 2.66. The van der Waals surface area contributed by atoms with Crippen molar-refractivity contribution >= 4 is 62.9 Å². The molecule has 0 N–H and O–H groups in total. The molecule has 0 amide bonds. The van der Waals surface area contributed by atoms with Crippen LogP contribution in [-0.4, -0.2) is 12.3 Å². The van der Waals surface area contributed by atoms with Crippen LogP contribution in [0.3, 0.4) is 0 Å². The van der Waals surface area contributed by atoms with Gasteiger partial charge in [-0.2, -0.15) is 0 Å². The minimum Gasteiger partial charge on any atom is -0.335 e. The van der Waals surface area contributed by atoms with E-state index in [9.17, 15) is 0 Å². The molecule has 4 heterocycles. The zero-order valence-electron chi connectivity index (χ0n) is 45.4. The van der Waals surface area contributed by atoms with Crippen LogP contribution in [0.4, 0.5) is 39.8 Å². The highest BCUT2D eigenvalue weighted by molar-refractivity contribution is 7.00. The van der Waals surface area contributed by atoms with E-state index in [1.54, 1.807) is 5.56 Å². The minimum absolute atomic E-state index is 0.00527. The van der Waals surface area contributed by atoms with Gasteiger partial charge in [0.25, 0.3) is 6.71 Å². The van der Waals surface area contributed by atoms with Gasteiger partial charge in [0.2, 0.25) is 0 Å². The number of anilines is 7. The lowest BCUT2D eigenvalue weighted by atomic mass is 9.33. The van der Waals surface area contributed by atoms with Crippen LogP contribution in [0.5, 0.6) is 0 Å². The van der Waals surface area contributed by atoms with Gasteiger partial charge in [-0.05, 0) is 153 Å². The van der Waals surface area contributed by atoms with Crippen molar-refractivity contribution in [3.63, 3.8) is 0 Å². The van der Waals surface area contributed by atoms with Crippen LogP contribution in [-0.2, 0) is 39.0 Å². The number of nitrogens with zero attached hydrogens (tertiary/aromatic N) is 3. The second kappa shape index (κ2) is 14.8. The number of fused-ring (bicyclic) bond motifs is 12. The maximum absolute atomic E-state index is 2.93. The molecule has 0 spiro atoms. The lowest BCUT2D eigenvalue weighted by Gasteiger charge is -2.54. The number of para-hydroxylation sites is 1. The summed E-state index contributed by atoms with van der Waals surface area (Å²) in [4.78, 5) is 8.51. The van der Waals surface area contributed by atoms with Crippen LogP contribution in [0.15, 0.2) is 140 Å². The average molecular weight is 944 g/mol. The van der Waals surface area contributed by atoms with E-state index in [0.717, 1.165) is 19.3 Å². The third kappa shape index (κ3) is 5.93. The normalized spacial score (nSPS) is 24.5. The second-order valence-corrected chi connectivity index (χ2v) is 26.8. The van der Waals surface area contributed by atoms with Crippen molar-refractivity contribution in [2.75, 3.05) is 14.7 Å². The van der Waals surface area contributed by atoms with Crippen molar-refractivity contribution < 1.29 is 0 Å². The zero-order chi connectivity index (χ0) is 50.3. The molecule has 72 heavy (non-hydrogen) atoms. The summed E-state index contributed by atoms with van der Waals surface area (Å²) >= 11 is 0. The van der Waals surface area contributed by atoms with Gasteiger partial charge in [-0.1, -0.05) is 192 Å². The smallest absolute Gasteiger partial charge is 0.252 e. The van der Waals surface area contributed by atoms with Crippen LogP contribution < -0.4 is 31.1 Å². The summed E-state index contributed by atoms with van der Waals surface area (Å²) in [5.74, 6) is 0. The van der Waals surface area contributed by atoms with E-state index in [0.29, 0.717) is 0 Å². The van der Waals surface area contributed by atoms with Crippen molar-refractivity contribution in [3.05, 3.63) is 178 Å². The van der Waals surface area contributed by atoms with Gasteiger partial charge in [-0.15, -0.1) is 0 Å². The summed E-state index contributed by atoms with van der Waals surface area (Å²) in [6.45, 7) is 31.8. The second-order valence-electron chi connectivity index (χ2n) is 26.8. The highest BCUT2D eigenvalue weighted by Gasteiger charge is 2.63. The monoisotopic (exact) mass is 944 g/mol. The fourth-order valence-electron chi connectivity index (χ4n) is 15.3. The maximum atomic E-state index is 2.93. The average Bonchev–Trinajstić information content (AvgIpc) is 3.70. The number of aryl methyl sites for hydroxylation is 1. The topological polar surface area (TPSA) is 9.72 Å². The molecule has 7 aromatic carbocycles. The van der Waals surface area contributed by atoms with E-state index >= 15 is 0 Å². The Hall–Kier alpha value is -6.00. The fraction of sp³-hybridized carbons (Fsp3) is 0.382. The first-order chi connectivity index (χ1) is 34.1. The molecule has 4 aliphatic heterocycles. The first kappa shape index (κ1) is 45.8. The summed E-state index contributed by atoms with van der Waals surface area (Å²) in [5.41, 5.74) is 25.5. The van der Waals surface area contributed by atoms with Crippen molar-refractivity contribution in [2.45, 2.75) is 167 Å². The summed E-state index contributed by atoms with van der Waals surface area (Å²) in [6, 6.07) is 55.9. The standard InChI is InChI=1S/C68H74BN3/c1-62(2,3)45-29-32-55(49(38-45)43-22-15-14-16-23-43)70-57-40-47(64(7,8)9)28-31-53(57)69-54-27-21-26-51-61(54)72(67(12)36-20-19-35-65(51,67)10)59-42-48(41-58(70)60(59)69)71-56-33-30-46(63(4,5)6)39-52(56)66(11)37-34-44-24-17-18-25-50(44)68(66,71)13/h14-18,21-33,38-42H,19-20,34-37H2,1-13H3. The van der Waals surface area contributed by atoms with Gasteiger partial charge in [0, 0.05) is 50.5 Å². The Kier molecular flexibility index (Phi) is 9.44. The van der Waals surface area contributed by atoms with E-state index in [1.807, 2.05) is 0 Å². The van der Waals surface area contributed by atoms with Crippen LogP contribution in [0.25, 0.3) is 11.1 Å². The quantitative estimate of drug-likeness (QED) is 0.163. The van der Waals surface area contributed by atoms with Gasteiger partial charge < -0.3 is 14.7 Å². The Morgan fingerprint density at radius 1 is 0.458 bits per heavy atom. The molecule has 13 rings (SSSR count). The van der Waals surface area contributed by atoms with E-state index in [1.165, 1.54) is 120 Å². The molecule has 4 atom stereocenters. The van der Waals surface area contributed by atoms with Crippen molar-refractivity contribution in [1.82, 2.24) is 0 Å². The fourth-order valence-corrected chi connectivity index (χ4v) is 15.3. The molecule has 4 unspecified atom stereocenters. The van der Waals surface area contributed by atoms with Crippen LogP contribution in [0, 0.1) is 0 Å². The van der Waals surface area contributed by atoms with Gasteiger partial charge in [0.05, 0.1) is 16.8 Å². The molecule has 7 aromatic rings. The van der Waals surface area contributed by atoms with E-state index in [4.69, 9.17) is 0 Å². The van der Waals surface area contributed by atoms with Crippen molar-refractivity contribution in [3.8, 4) is 11.1 Å². The largest absolute Gasteiger partial charge is 0.335 e. The van der Waals surface area contributed by atoms with Crippen molar-refractivity contribution in [2.24, 2.45) is 0 Å². The van der Waals surface area contributed by atoms with Crippen molar-refractivity contribution in [1.29, 1.82) is 0 Å². The lowest BCUT2D eigenvalue weighted by Crippen LogP contribution is -2.64. The Balaban J connectivity index is 1.19. The zero-order valence-corrected chi connectivity index (χ0v) is 45.4. The molecule has 6 aliphatic rings. The number of hydrogen-bond donors (Lipinski definition) is 0.